The molecule has 0 radical (unpaired) electrons. The summed E-state index contributed by atoms with van der Waals surface area (Å²) in [5.74, 6) is -0.889. The Balaban J connectivity index is 1.54. The lowest BCUT2D eigenvalue weighted by Gasteiger charge is -2.32. The Morgan fingerprint density at radius 3 is 2.39 bits per heavy atom. The van der Waals surface area contributed by atoms with Gasteiger partial charge in [0.2, 0.25) is 11.8 Å². The Morgan fingerprint density at radius 2 is 1.72 bits per heavy atom. The van der Waals surface area contributed by atoms with Crippen LogP contribution in [0.15, 0.2) is 78.2 Å². The molecule has 0 saturated carbocycles. The third-order valence-corrected chi connectivity index (χ3v) is 7.02. The van der Waals surface area contributed by atoms with E-state index in [9.17, 15) is 14.4 Å². The van der Waals surface area contributed by atoms with Crippen molar-refractivity contribution >= 4 is 29.1 Å². The first-order chi connectivity index (χ1) is 17.6. The third kappa shape index (κ3) is 7.02. The maximum absolute atomic E-state index is 13.5. The second-order valence-electron chi connectivity index (χ2n) is 8.68. The number of thiophene rings is 1. The highest BCUT2D eigenvalue weighted by molar-refractivity contribution is 7.12. The molecule has 1 aromatic heterocycles. The Hall–Kier alpha value is -3.49. The van der Waals surface area contributed by atoms with Gasteiger partial charge in [-0.2, -0.15) is 0 Å². The van der Waals surface area contributed by atoms with Crippen LogP contribution in [-0.4, -0.2) is 55.0 Å². The Bertz CT molecular complexity index is 1120. The lowest BCUT2D eigenvalue weighted by Crippen LogP contribution is -2.49. The van der Waals surface area contributed by atoms with Gasteiger partial charge in [0.1, 0.15) is 6.04 Å². The Morgan fingerprint density at radius 1 is 0.972 bits per heavy atom. The van der Waals surface area contributed by atoms with E-state index < -0.39 is 6.04 Å². The van der Waals surface area contributed by atoms with E-state index in [1.54, 1.807) is 17.0 Å². The average Bonchev–Trinajstić information content (AvgIpc) is 3.64. The highest BCUT2D eigenvalue weighted by Crippen LogP contribution is 2.23. The number of hydrogen-bond acceptors (Lipinski definition) is 5. The van der Waals surface area contributed by atoms with Crippen molar-refractivity contribution in [2.24, 2.45) is 0 Å². The molecule has 2 heterocycles. The fourth-order valence-corrected chi connectivity index (χ4v) is 4.91. The van der Waals surface area contributed by atoms with Gasteiger partial charge in [-0.15, -0.1) is 11.3 Å². The summed E-state index contributed by atoms with van der Waals surface area (Å²) >= 11 is 1.31. The number of carbonyl (C=O) groups is 3. The van der Waals surface area contributed by atoms with Crippen LogP contribution in [0.5, 0.6) is 0 Å². The molecule has 8 heteroatoms. The van der Waals surface area contributed by atoms with Crippen molar-refractivity contribution < 1.29 is 19.1 Å². The van der Waals surface area contributed by atoms with Gasteiger partial charge in [-0.3, -0.25) is 14.4 Å². The summed E-state index contributed by atoms with van der Waals surface area (Å²) in [6.45, 7) is 1.23. The summed E-state index contributed by atoms with van der Waals surface area (Å²) in [6, 6.07) is 21.8. The number of benzene rings is 2. The van der Waals surface area contributed by atoms with Crippen molar-refractivity contribution in [3.63, 3.8) is 0 Å². The number of rotatable bonds is 11. The van der Waals surface area contributed by atoms with E-state index in [1.165, 1.54) is 11.3 Å². The lowest BCUT2D eigenvalue weighted by atomic mass is 10.0. The fourth-order valence-electron chi connectivity index (χ4n) is 4.27. The van der Waals surface area contributed by atoms with Gasteiger partial charge >= 0.3 is 0 Å². The molecule has 7 nitrogen and oxygen atoms in total. The Kier molecular flexibility index (Phi) is 9.24. The van der Waals surface area contributed by atoms with Crippen LogP contribution in [-0.2, 0) is 20.7 Å². The molecular weight excluding hydrogens is 474 g/mol. The lowest BCUT2D eigenvalue weighted by molar-refractivity contribution is -0.140. The van der Waals surface area contributed by atoms with Gasteiger partial charge in [-0.25, -0.2) is 0 Å². The number of ether oxygens (including phenoxy) is 1. The van der Waals surface area contributed by atoms with Crippen molar-refractivity contribution in [2.45, 2.75) is 31.4 Å². The summed E-state index contributed by atoms with van der Waals surface area (Å²) in [5.41, 5.74) is 1.78. The van der Waals surface area contributed by atoms with E-state index in [0.717, 1.165) is 18.4 Å². The van der Waals surface area contributed by atoms with Crippen molar-refractivity contribution in [1.82, 2.24) is 15.5 Å². The van der Waals surface area contributed by atoms with Gasteiger partial charge in [0.25, 0.3) is 5.91 Å². The summed E-state index contributed by atoms with van der Waals surface area (Å²) in [5, 5.41) is 7.53. The summed E-state index contributed by atoms with van der Waals surface area (Å²) in [7, 11) is 0. The van der Waals surface area contributed by atoms with E-state index in [2.05, 4.69) is 10.6 Å². The minimum absolute atomic E-state index is 0.0103. The molecule has 2 aromatic carbocycles. The quantitative estimate of drug-likeness (QED) is 0.417. The minimum Gasteiger partial charge on any atom is -0.376 e. The summed E-state index contributed by atoms with van der Waals surface area (Å²) in [6.07, 6.45) is 2.45. The number of carbonyl (C=O) groups excluding carboxylic acids is 3. The van der Waals surface area contributed by atoms with Crippen LogP contribution in [0.25, 0.3) is 0 Å². The third-order valence-electron chi connectivity index (χ3n) is 6.15. The van der Waals surface area contributed by atoms with Gasteiger partial charge in [0, 0.05) is 19.7 Å². The predicted molar refractivity (Wildman–Crippen MR) is 140 cm³/mol. The van der Waals surface area contributed by atoms with Gasteiger partial charge < -0.3 is 20.3 Å². The molecule has 3 amide bonds. The predicted octanol–water partition coefficient (Wildman–Crippen LogP) is 3.59. The van der Waals surface area contributed by atoms with Crippen molar-refractivity contribution in [3.8, 4) is 0 Å². The maximum atomic E-state index is 13.5. The molecule has 0 aliphatic carbocycles. The Labute approximate surface area is 215 Å². The molecule has 1 aliphatic rings. The van der Waals surface area contributed by atoms with Gasteiger partial charge in [0.05, 0.1) is 17.5 Å². The summed E-state index contributed by atoms with van der Waals surface area (Å²) < 4.78 is 5.66. The van der Waals surface area contributed by atoms with Gasteiger partial charge in [-0.05, 0) is 41.8 Å². The van der Waals surface area contributed by atoms with Crippen molar-refractivity contribution in [2.75, 3.05) is 26.2 Å². The highest BCUT2D eigenvalue weighted by Gasteiger charge is 2.32. The molecule has 36 heavy (non-hydrogen) atoms. The largest absolute Gasteiger partial charge is 0.376 e. The van der Waals surface area contributed by atoms with Crippen molar-refractivity contribution in [1.29, 1.82) is 0 Å². The van der Waals surface area contributed by atoms with Crippen LogP contribution < -0.4 is 10.6 Å². The first-order valence-electron chi connectivity index (χ1n) is 12.2. The average molecular weight is 506 g/mol. The second-order valence-corrected chi connectivity index (χ2v) is 9.62. The first-order valence-corrected chi connectivity index (χ1v) is 13.1. The summed E-state index contributed by atoms with van der Waals surface area (Å²) in [4.78, 5) is 41.6. The molecule has 0 bridgehead atoms. The number of amides is 3. The smallest absolute Gasteiger partial charge is 0.261 e. The molecule has 1 aliphatic heterocycles. The number of nitrogens with zero attached hydrogens (tertiary/aromatic N) is 1. The van der Waals surface area contributed by atoms with Gasteiger partial charge in [-0.1, -0.05) is 66.7 Å². The molecule has 1 fully saturated rings. The van der Waals surface area contributed by atoms with Crippen LogP contribution in [0.1, 0.15) is 39.7 Å². The molecule has 188 valence electrons. The normalized spacial score (nSPS) is 15.7. The SMILES string of the molecule is O=C(NCC(=O)N(CCc1ccccc1)[C@@H](C(=O)NC[C@H]1CCCO1)c1ccccc1)c1cccs1. The van der Waals surface area contributed by atoms with E-state index in [4.69, 9.17) is 4.74 Å². The molecular formula is C28H31N3O4S. The standard InChI is InChI=1S/C28H31N3O4S/c32-25(20-30-27(33)24-14-8-18-36-24)31(16-15-21-9-3-1-4-10-21)26(22-11-5-2-6-12-22)28(34)29-19-23-13-7-17-35-23/h1-6,8-12,14,18,23,26H,7,13,15-17,19-20H2,(H,29,34)(H,30,33)/t23-,26-/m1/s1. The zero-order valence-corrected chi connectivity index (χ0v) is 20.9. The molecule has 2 N–H and O–H groups in total. The molecule has 0 unspecified atom stereocenters. The fraction of sp³-hybridized carbons (Fsp3) is 0.321. The van der Waals surface area contributed by atoms with Crippen LogP contribution in [0.2, 0.25) is 0 Å². The molecule has 0 spiro atoms. The molecule has 4 rings (SSSR count). The van der Waals surface area contributed by atoms with Crippen LogP contribution >= 0.6 is 11.3 Å². The molecule has 2 atom stereocenters. The number of hydrogen-bond donors (Lipinski definition) is 2. The van der Waals surface area contributed by atoms with Crippen LogP contribution in [0.4, 0.5) is 0 Å². The minimum atomic E-state index is -0.831. The maximum Gasteiger partial charge on any atom is 0.261 e. The number of nitrogens with one attached hydrogen (secondary N) is 2. The monoisotopic (exact) mass is 505 g/mol. The molecule has 3 aromatic rings. The van der Waals surface area contributed by atoms with Crippen LogP contribution in [0.3, 0.4) is 0 Å². The van der Waals surface area contributed by atoms with E-state index >= 15 is 0 Å². The van der Waals surface area contributed by atoms with E-state index in [1.807, 2.05) is 66.0 Å². The van der Waals surface area contributed by atoms with E-state index in [0.29, 0.717) is 36.6 Å². The van der Waals surface area contributed by atoms with Crippen LogP contribution in [0, 0.1) is 0 Å². The van der Waals surface area contributed by atoms with E-state index in [-0.39, 0.29) is 30.4 Å². The first kappa shape index (κ1) is 25.6. The van der Waals surface area contributed by atoms with Gasteiger partial charge in [0.15, 0.2) is 0 Å². The zero-order chi connectivity index (χ0) is 25.2. The highest BCUT2D eigenvalue weighted by atomic mass is 32.1. The topological polar surface area (TPSA) is 87.7 Å². The zero-order valence-electron chi connectivity index (χ0n) is 20.1. The molecule has 1 saturated heterocycles. The van der Waals surface area contributed by atoms with Crippen molar-refractivity contribution in [3.05, 3.63) is 94.2 Å². The second kappa shape index (κ2) is 13.0.